The van der Waals surface area contributed by atoms with E-state index < -0.39 is 5.91 Å². The second-order valence-electron chi connectivity index (χ2n) is 5.85. The number of methoxy groups -OCH3 is 3. The lowest BCUT2D eigenvalue weighted by molar-refractivity contribution is 0.102. The SMILES string of the molecule is COc1cc(-c2nnc(NC(=O)c3ccc4c(c3)OCO4)o2)cc(OC)c1OC. The Labute approximate surface area is 165 Å². The molecule has 0 saturated heterocycles. The Morgan fingerprint density at radius 1 is 0.966 bits per heavy atom. The predicted octanol–water partition coefficient (Wildman–Crippen LogP) is 2.74. The van der Waals surface area contributed by atoms with Crippen molar-refractivity contribution in [3.05, 3.63) is 35.9 Å². The molecule has 4 rings (SSSR count). The summed E-state index contributed by atoms with van der Waals surface area (Å²) < 4.78 is 32.0. The molecule has 10 heteroatoms. The largest absolute Gasteiger partial charge is 0.493 e. The van der Waals surface area contributed by atoms with Crippen molar-refractivity contribution in [2.45, 2.75) is 0 Å². The average molecular weight is 399 g/mol. The zero-order chi connectivity index (χ0) is 20.4. The zero-order valence-corrected chi connectivity index (χ0v) is 15.8. The molecule has 0 bridgehead atoms. The maximum atomic E-state index is 12.5. The Balaban J connectivity index is 1.56. The van der Waals surface area contributed by atoms with Gasteiger partial charge in [-0.05, 0) is 30.3 Å². The van der Waals surface area contributed by atoms with Crippen LogP contribution in [-0.4, -0.2) is 44.2 Å². The van der Waals surface area contributed by atoms with Crippen LogP contribution in [0.1, 0.15) is 10.4 Å². The van der Waals surface area contributed by atoms with Crippen molar-refractivity contribution in [3.8, 4) is 40.2 Å². The molecule has 1 aliphatic rings. The van der Waals surface area contributed by atoms with E-state index in [2.05, 4.69) is 15.5 Å². The van der Waals surface area contributed by atoms with Gasteiger partial charge in [0.25, 0.3) is 5.91 Å². The summed E-state index contributed by atoms with van der Waals surface area (Å²) in [4.78, 5) is 12.5. The van der Waals surface area contributed by atoms with Gasteiger partial charge in [0.15, 0.2) is 23.0 Å². The highest BCUT2D eigenvalue weighted by atomic mass is 16.7. The number of nitrogens with zero attached hydrogens (tertiary/aromatic N) is 2. The topological polar surface area (TPSA) is 114 Å². The van der Waals surface area contributed by atoms with Crippen molar-refractivity contribution in [2.75, 3.05) is 33.4 Å². The summed E-state index contributed by atoms with van der Waals surface area (Å²) in [7, 11) is 4.52. The van der Waals surface area contributed by atoms with Gasteiger partial charge in [0.2, 0.25) is 18.4 Å². The Bertz CT molecular complexity index is 1040. The summed E-state index contributed by atoms with van der Waals surface area (Å²) in [6.07, 6.45) is 0. The summed E-state index contributed by atoms with van der Waals surface area (Å²) in [6.45, 7) is 0.127. The van der Waals surface area contributed by atoms with Crippen LogP contribution in [0.2, 0.25) is 0 Å². The molecule has 1 amide bonds. The second kappa shape index (κ2) is 7.58. The molecule has 10 nitrogen and oxygen atoms in total. The van der Waals surface area contributed by atoms with Crippen molar-refractivity contribution in [1.82, 2.24) is 10.2 Å². The van der Waals surface area contributed by atoms with Crippen LogP contribution in [-0.2, 0) is 0 Å². The molecule has 1 aromatic heterocycles. The lowest BCUT2D eigenvalue weighted by Crippen LogP contribution is -2.12. The van der Waals surface area contributed by atoms with Crippen LogP contribution in [0, 0.1) is 0 Å². The number of fused-ring (bicyclic) bond motifs is 1. The third-order valence-corrected chi connectivity index (χ3v) is 4.19. The summed E-state index contributed by atoms with van der Waals surface area (Å²) >= 11 is 0. The fraction of sp³-hybridized carbons (Fsp3) is 0.211. The number of rotatable bonds is 6. The van der Waals surface area contributed by atoms with E-state index in [1.54, 1.807) is 30.3 Å². The van der Waals surface area contributed by atoms with E-state index in [4.69, 9.17) is 28.1 Å². The van der Waals surface area contributed by atoms with Crippen LogP contribution in [0.4, 0.5) is 6.01 Å². The molecule has 1 N–H and O–H groups in total. The molecule has 0 saturated carbocycles. The minimum atomic E-state index is -0.427. The van der Waals surface area contributed by atoms with Gasteiger partial charge in [-0.25, -0.2) is 0 Å². The van der Waals surface area contributed by atoms with E-state index in [1.807, 2.05) is 0 Å². The highest BCUT2D eigenvalue weighted by molar-refractivity contribution is 6.03. The van der Waals surface area contributed by atoms with Crippen LogP contribution in [0.5, 0.6) is 28.7 Å². The molecule has 0 aliphatic carbocycles. The summed E-state index contributed by atoms with van der Waals surface area (Å²) in [5.74, 6) is 2.14. The van der Waals surface area contributed by atoms with E-state index >= 15 is 0 Å². The fourth-order valence-corrected chi connectivity index (χ4v) is 2.80. The molecule has 3 aromatic rings. The number of carbonyl (C=O) groups excluding carboxylic acids is 1. The van der Waals surface area contributed by atoms with Crippen molar-refractivity contribution in [1.29, 1.82) is 0 Å². The zero-order valence-electron chi connectivity index (χ0n) is 15.8. The first-order chi connectivity index (χ1) is 14.1. The molecule has 1 aliphatic heterocycles. The molecular formula is C19H17N3O7. The number of amides is 1. The predicted molar refractivity (Wildman–Crippen MR) is 99.9 cm³/mol. The normalized spacial score (nSPS) is 11.8. The van der Waals surface area contributed by atoms with Gasteiger partial charge in [-0.2, -0.15) is 0 Å². The number of carbonyl (C=O) groups is 1. The third-order valence-electron chi connectivity index (χ3n) is 4.19. The summed E-state index contributed by atoms with van der Waals surface area (Å²) in [5, 5.41) is 10.4. The Morgan fingerprint density at radius 3 is 2.38 bits per heavy atom. The van der Waals surface area contributed by atoms with Crippen LogP contribution >= 0.6 is 0 Å². The molecule has 0 unspecified atom stereocenters. The monoisotopic (exact) mass is 399 g/mol. The minimum Gasteiger partial charge on any atom is -0.493 e. The van der Waals surface area contributed by atoms with Crippen LogP contribution in [0.15, 0.2) is 34.7 Å². The van der Waals surface area contributed by atoms with E-state index in [9.17, 15) is 4.79 Å². The molecular weight excluding hydrogens is 382 g/mol. The van der Waals surface area contributed by atoms with Crippen LogP contribution in [0.3, 0.4) is 0 Å². The second-order valence-corrected chi connectivity index (χ2v) is 5.85. The van der Waals surface area contributed by atoms with Gasteiger partial charge < -0.3 is 28.1 Å². The van der Waals surface area contributed by atoms with E-state index in [0.717, 1.165) is 0 Å². The number of benzene rings is 2. The molecule has 2 heterocycles. The lowest BCUT2D eigenvalue weighted by atomic mass is 10.2. The van der Waals surface area contributed by atoms with Gasteiger partial charge in [-0.3, -0.25) is 10.1 Å². The van der Waals surface area contributed by atoms with Gasteiger partial charge in [-0.1, -0.05) is 5.10 Å². The van der Waals surface area contributed by atoms with Crippen LogP contribution in [0.25, 0.3) is 11.5 Å². The van der Waals surface area contributed by atoms with Crippen LogP contribution < -0.4 is 29.0 Å². The fourth-order valence-electron chi connectivity index (χ4n) is 2.80. The highest BCUT2D eigenvalue weighted by Gasteiger charge is 2.20. The summed E-state index contributed by atoms with van der Waals surface area (Å²) in [5.41, 5.74) is 0.900. The van der Waals surface area contributed by atoms with Gasteiger partial charge in [-0.15, -0.1) is 5.10 Å². The number of ether oxygens (including phenoxy) is 5. The average Bonchev–Trinajstić information content (AvgIpc) is 3.41. The van der Waals surface area contributed by atoms with E-state index in [0.29, 0.717) is 39.9 Å². The minimum absolute atomic E-state index is 0.0589. The first-order valence-electron chi connectivity index (χ1n) is 8.48. The standard InChI is InChI=1S/C19H17N3O7/c1-24-14-7-11(8-15(25-2)16(14)26-3)18-21-22-19(29-18)20-17(23)10-4-5-12-13(6-10)28-9-27-12/h4-8H,9H2,1-3H3,(H,20,22,23). The van der Waals surface area contributed by atoms with Gasteiger partial charge in [0.1, 0.15) is 0 Å². The number of hydrogen-bond donors (Lipinski definition) is 1. The van der Waals surface area contributed by atoms with E-state index in [-0.39, 0.29) is 18.7 Å². The molecule has 29 heavy (non-hydrogen) atoms. The van der Waals surface area contributed by atoms with Gasteiger partial charge >= 0.3 is 6.01 Å². The smallest absolute Gasteiger partial charge is 0.322 e. The molecule has 0 fully saturated rings. The number of nitrogens with one attached hydrogen (secondary N) is 1. The molecule has 2 aromatic carbocycles. The van der Waals surface area contributed by atoms with Crippen molar-refractivity contribution >= 4 is 11.9 Å². The first-order valence-corrected chi connectivity index (χ1v) is 8.48. The number of anilines is 1. The molecule has 0 atom stereocenters. The van der Waals surface area contributed by atoms with E-state index in [1.165, 1.54) is 21.3 Å². The van der Waals surface area contributed by atoms with Crippen molar-refractivity contribution in [2.24, 2.45) is 0 Å². The Morgan fingerprint density at radius 2 is 1.69 bits per heavy atom. The highest BCUT2D eigenvalue weighted by Crippen LogP contribution is 2.41. The third kappa shape index (κ3) is 3.47. The maximum Gasteiger partial charge on any atom is 0.322 e. The quantitative estimate of drug-likeness (QED) is 0.668. The van der Waals surface area contributed by atoms with Gasteiger partial charge in [0.05, 0.1) is 21.3 Å². The molecule has 150 valence electrons. The van der Waals surface area contributed by atoms with Crippen molar-refractivity contribution in [3.63, 3.8) is 0 Å². The number of hydrogen-bond acceptors (Lipinski definition) is 9. The molecule has 0 spiro atoms. The number of aromatic nitrogens is 2. The Hall–Kier alpha value is -3.95. The lowest BCUT2D eigenvalue weighted by Gasteiger charge is -2.12. The summed E-state index contributed by atoms with van der Waals surface area (Å²) in [6, 6.07) is 8.12. The Kier molecular flexibility index (Phi) is 4.82. The van der Waals surface area contributed by atoms with Crippen molar-refractivity contribution < 1.29 is 32.9 Å². The maximum absolute atomic E-state index is 12.5. The van der Waals surface area contributed by atoms with Gasteiger partial charge in [0, 0.05) is 11.1 Å². The molecule has 0 radical (unpaired) electrons. The first kappa shape index (κ1) is 18.4.